The van der Waals surface area contributed by atoms with E-state index >= 15 is 0 Å². The van der Waals surface area contributed by atoms with Gasteiger partial charge in [0, 0.05) is 43.7 Å². The molecular weight excluding hydrogens is 678 g/mol. The third kappa shape index (κ3) is 14.4. The van der Waals surface area contributed by atoms with Crippen molar-refractivity contribution in [3.05, 3.63) is 52.1 Å². The van der Waals surface area contributed by atoms with E-state index in [1.807, 2.05) is 0 Å². The molecule has 1 aliphatic rings. The van der Waals surface area contributed by atoms with E-state index in [2.05, 4.69) is 41.2 Å². The van der Waals surface area contributed by atoms with Gasteiger partial charge < -0.3 is 41.0 Å². The minimum atomic E-state index is -1.41. The zero-order valence-corrected chi connectivity index (χ0v) is 29.9. The van der Waals surface area contributed by atoms with E-state index in [0.29, 0.717) is 76.7 Å². The predicted octanol–water partition coefficient (Wildman–Crippen LogP) is 2.31. The number of nitrogens with one attached hydrogen (secondary N) is 5. The summed E-state index contributed by atoms with van der Waals surface area (Å²) in [7, 11) is -1.41. The van der Waals surface area contributed by atoms with Crippen molar-refractivity contribution in [1.29, 1.82) is 0 Å². The van der Waals surface area contributed by atoms with Crippen molar-refractivity contribution in [2.75, 3.05) is 74.4 Å². The first kappa shape index (κ1) is 39.5. The maximum Gasteiger partial charge on any atom is 0.280 e. The summed E-state index contributed by atoms with van der Waals surface area (Å²) >= 11 is 0. The van der Waals surface area contributed by atoms with Crippen LogP contribution in [0.25, 0.3) is 11.2 Å². The van der Waals surface area contributed by atoms with E-state index in [-0.39, 0.29) is 41.3 Å². The molecule has 16 nitrogen and oxygen atoms in total. The number of amides is 3. The van der Waals surface area contributed by atoms with Crippen LogP contribution in [-0.2, 0) is 25.6 Å². The largest absolute Gasteiger partial charge is 0.379 e. The molecule has 0 atom stereocenters. The van der Waals surface area contributed by atoms with Crippen molar-refractivity contribution in [3.8, 4) is 0 Å². The molecule has 0 spiro atoms. The highest BCUT2D eigenvalue weighted by Crippen LogP contribution is 2.48. The Morgan fingerprint density at radius 3 is 2.20 bits per heavy atom. The molecule has 3 heterocycles. The van der Waals surface area contributed by atoms with E-state index in [9.17, 15) is 23.7 Å². The number of nitrogens with zero attached hydrogens (tertiary/aromatic N) is 3. The van der Waals surface area contributed by atoms with Crippen LogP contribution >= 0.6 is 10.3 Å². The molecule has 3 aromatic rings. The van der Waals surface area contributed by atoms with Gasteiger partial charge in [-0.1, -0.05) is 6.42 Å². The zero-order valence-electron chi connectivity index (χ0n) is 29.0. The summed E-state index contributed by atoms with van der Waals surface area (Å²) in [4.78, 5) is 63.4. The second kappa shape index (κ2) is 21.1. The van der Waals surface area contributed by atoms with E-state index in [0.717, 1.165) is 48.6 Å². The summed E-state index contributed by atoms with van der Waals surface area (Å²) in [5.41, 5.74) is 7.11. The van der Waals surface area contributed by atoms with Gasteiger partial charge in [-0.15, -0.1) is 10.3 Å². The minimum Gasteiger partial charge on any atom is -0.379 e. The Balaban J connectivity index is 0.944. The van der Waals surface area contributed by atoms with Gasteiger partial charge in [-0.05, 0) is 73.6 Å². The number of hydrogen-bond donors (Lipinski definition) is 7. The lowest BCUT2D eigenvalue weighted by Gasteiger charge is -2.37. The highest BCUT2D eigenvalue weighted by molar-refractivity contribution is 8.29. The maximum absolute atomic E-state index is 12.5. The van der Waals surface area contributed by atoms with Crippen molar-refractivity contribution >= 4 is 50.8 Å². The number of carbonyl (C=O) groups excluding carboxylic acids is 3. The topological polar surface area (TPSA) is 236 Å². The average Bonchev–Trinajstić information content (AvgIpc) is 3.12. The van der Waals surface area contributed by atoms with E-state index < -0.39 is 15.9 Å². The highest BCUT2D eigenvalue weighted by atomic mass is 32.3. The minimum absolute atomic E-state index is 0.0101. The Labute approximate surface area is 299 Å². The molecule has 3 amide bonds. The Bertz CT molecular complexity index is 1620. The standard InChI is InChI=1S/C34H51N9O7S/c35-34-42-31-30(33(47)43-34)41-27(24-40-31)23-39-26-11-9-25(10-12-26)32(46)38-13-6-8-29(45)37-15-17-50-19-18-49-16-14-36-28(44)7-2-5-22-51(48)20-3-1-4-21-51/h9-12,24,39,48H,1-8,13-23H2,(H,36,44)(H,37,45)(H,38,46)(H3,35,40,42,43,47). The number of anilines is 2. The first-order chi connectivity index (χ1) is 24.7. The SMILES string of the molecule is Nc1nc2ncc(CNc3ccc(C(=O)NCCCC(=O)NCCOCCOCCNC(=O)CCCCS4(O)CCCCC4)cc3)nc2c(=O)[nH]1. The maximum atomic E-state index is 12.5. The summed E-state index contributed by atoms with van der Waals surface area (Å²) in [5, 5.41) is 11.6. The van der Waals surface area contributed by atoms with Crippen molar-refractivity contribution in [2.24, 2.45) is 0 Å². The fourth-order valence-corrected chi connectivity index (χ4v) is 8.28. The first-order valence-corrected chi connectivity index (χ1v) is 19.6. The fourth-order valence-electron chi connectivity index (χ4n) is 5.45. The number of aromatic amines is 1. The summed E-state index contributed by atoms with van der Waals surface area (Å²) in [6.45, 7) is 3.00. The zero-order chi connectivity index (χ0) is 36.3. The summed E-state index contributed by atoms with van der Waals surface area (Å²) < 4.78 is 21.6. The number of unbranched alkanes of at least 4 members (excludes halogenated alkanes) is 1. The molecule has 51 heavy (non-hydrogen) atoms. The van der Waals surface area contributed by atoms with Gasteiger partial charge in [0.2, 0.25) is 17.8 Å². The monoisotopic (exact) mass is 729 g/mol. The van der Waals surface area contributed by atoms with Gasteiger partial charge in [0.05, 0.1) is 44.9 Å². The summed E-state index contributed by atoms with van der Waals surface area (Å²) in [5.74, 6) is 2.41. The molecule has 0 unspecified atom stereocenters. The molecule has 0 saturated carbocycles. The molecule has 280 valence electrons. The molecular formula is C34H51N9O7S. The van der Waals surface area contributed by atoms with Gasteiger partial charge in [0.25, 0.3) is 11.5 Å². The molecule has 4 rings (SSSR count). The number of aromatic nitrogens is 4. The van der Waals surface area contributed by atoms with Gasteiger partial charge in [-0.2, -0.15) is 4.98 Å². The highest BCUT2D eigenvalue weighted by Gasteiger charge is 2.23. The van der Waals surface area contributed by atoms with Crippen LogP contribution in [0.4, 0.5) is 11.6 Å². The molecule has 17 heteroatoms. The predicted molar refractivity (Wildman–Crippen MR) is 198 cm³/mol. The Morgan fingerprint density at radius 2 is 1.51 bits per heavy atom. The van der Waals surface area contributed by atoms with Gasteiger partial charge >= 0.3 is 0 Å². The van der Waals surface area contributed by atoms with Crippen molar-refractivity contribution in [1.82, 2.24) is 35.9 Å². The molecule has 1 fully saturated rings. The van der Waals surface area contributed by atoms with Crippen LogP contribution in [-0.4, -0.2) is 106 Å². The second-order valence-corrected chi connectivity index (χ2v) is 15.6. The molecule has 8 N–H and O–H groups in total. The van der Waals surface area contributed by atoms with Crippen molar-refractivity contribution in [2.45, 2.75) is 57.9 Å². The van der Waals surface area contributed by atoms with Crippen molar-refractivity contribution in [3.63, 3.8) is 0 Å². The van der Waals surface area contributed by atoms with Gasteiger partial charge in [-0.25, -0.2) is 9.97 Å². The number of rotatable bonds is 22. The summed E-state index contributed by atoms with van der Waals surface area (Å²) in [6.07, 6.45) is 7.94. The van der Waals surface area contributed by atoms with E-state index in [1.54, 1.807) is 24.3 Å². The number of benzene rings is 1. The number of H-pyrrole nitrogens is 1. The lowest BCUT2D eigenvalue weighted by atomic mass is 10.2. The Hall–Kier alpha value is -4.32. The quantitative estimate of drug-likeness (QED) is 0.0738. The summed E-state index contributed by atoms with van der Waals surface area (Å²) in [6, 6.07) is 6.89. The van der Waals surface area contributed by atoms with Crippen molar-refractivity contribution < 1.29 is 28.4 Å². The second-order valence-electron chi connectivity index (χ2n) is 12.3. The van der Waals surface area contributed by atoms with Crippen LogP contribution in [0.2, 0.25) is 0 Å². The molecule has 2 aromatic heterocycles. The number of carbonyl (C=O) groups is 3. The van der Waals surface area contributed by atoms with E-state index in [1.165, 1.54) is 12.6 Å². The first-order valence-electron chi connectivity index (χ1n) is 17.5. The van der Waals surface area contributed by atoms with Gasteiger partial charge in [0.1, 0.15) is 0 Å². The fraction of sp³-hybridized carbons (Fsp3) is 0.559. The lowest BCUT2D eigenvalue weighted by Crippen LogP contribution is -2.29. The van der Waals surface area contributed by atoms with E-state index in [4.69, 9.17) is 15.2 Å². The molecule has 1 saturated heterocycles. The number of fused-ring (bicyclic) bond motifs is 1. The Kier molecular flexibility index (Phi) is 16.4. The molecule has 0 aliphatic carbocycles. The van der Waals surface area contributed by atoms with Crippen LogP contribution in [0.5, 0.6) is 0 Å². The van der Waals surface area contributed by atoms with Crippen LogP contribution < -0.4 is 32.6 Å². The van der Waals surface area contributed by atoms with Crippen LogP contribution in [0.1, 0.15) is 67.4 Å². The van der Waals surface area contributed by atoms with Crippen LogP contribution in [0, 0.1) is 0 Å². The molecule has 1 aliphatic heterocycles. The average molecular weight is 730 g/mol. The third-order valence-corrected chi connectivity index (χ3v) is 11.4. The third-order valence-electron chi connectivity index (χ3n) is 8.21. The van der Waals surface area contributed by atoms with Crippen LogP contribution in [0.3, 0.4) is 0 Å². The number of ether oxygens (including phenoxy) is 2. The Morgan fingerprint density at radius 1 is 0.843 bits per heavy atom. The number of hydrogen-bond acceptors (Lipinski definition) is 12. The smallest absolute Gasteiger partial charge is 0.280 e. The van der Waals surface area contributed by atoms with Gasteiger partial charge in [0.15, 0.2) is 11.2 Å². The molecule has 0 radical (unpaired) electrons. The van der Waals surface area contributed by atoms with Gasteiger partial charge in [-0.3, -0.25) is 24.2 Å². The number of nitrogen functional groups attached to an aromatic ring is 1. The normalized spacial score (nSPS) is 14.5. The van der Waals surface area contributed by atoms with Crippen LogP contribution in [0.15, 0.2) is 35.3 Å². The molecule has 1 aromatic carbocycles. The lowest BCUT2D eigenvalue weighted by molar-refractivity contribution is -0.122. The molecule has 0 bridgehead atoms. The number of nitrogens with two attached hydrogens (primary N) is 1.